The number of halogens is 1. The maximum Gasteiger partial charge on any atom is 0.239 e. The van der Waals surface area contributed by atoms with Crippen LogP contribution in [0.4, 0.5) is 4.39 Å². The molecule has 0 spiro atoms. The minimum atomic E-state index is -0.515. The Morgan fingerprint density at radius 1 is 1.38 bits per heavy atom. The van der Waals surface area contributed by atoms with Gasteiger partial charge in [0.25, 0.3) is 0 Å². The lowest BCUT2D eigenvalue weighted by Crippen LogP contribution is -2.52. The standard InChI is InChI=1S/C15H17FN4O/c1-10-6-18-20(7-10)13-8-19(9-13)14(15(17)21)11-2-4-12(16)5-3-11/h2-7,13-14H,8-9H2,1H3,(H2,17,21). The molecule has 110 valence electrons. The van der Waals surface area contributed by atoms with Crippen LogP contribution in [0.3, 0.4) is 0 Å². The first-order valence-electron chi connectivity index (χ1n) is 6.84. The maximum atomic E-state index is 13.0. The molecule has 2 heterocycles. The first kappa shape index (κ1) is 13.8. The third-order valence-electron chi connectivity index (χ3n) is 3.82. The summed E-state index contributed by atoms with van der Waals surface area (Å²) in [6.07, 6.45) is 3.80. The molecule has 1 aromatic carbocycles. The molecule has 1 unspecified atom stereocenters. The molecule has 0 aliphatic carbocycles. The molecular weight excluding hydrogens is 271 g/mol. The molecule has 1 aliphatic heterocycles. The van der Waals surface area contributed by atoms with Crippen LogP contribution in [-0.4, -0.2) is 33.7 Å². The molecule has 1 fully saturated rings. The molecule has 0 bridgehead atoms. The van der Waals surface area contributed by atoms with Crippen LogP contribution in [0.1, 0.15) is 23.2 Å². The smallest absolute Gasteiger partial charge is 0.239 e. The van der Waals surface area contributed by atoms with E-state index in [1.165, 1.54) is 12.1 Å². The van der Waals surface area contributed by atoms with E-state index in [0.717, 1.165) is 11.1 Å². The number of primary amides is 1. The van der Waals surface area contributed by atoms with Gasteiger partial charge in [0, 0.05) is 19.3 Å². The van der Waals surface area contributed by atoms with Crippen molar-refractivity contribution in [3.8, 4) is 0 Å². The molecule has 0 saturated carbocycles. The first-order valence-corrected chi connectivity index (χ1v) is 6.84. The molecule has 1 amide bonds. The Balaban J connectivity index is 1.73. The van der Waals surface area contributed by atoms with E-state index < -0.39 is 11.9 Å². The van der Waals surface area contributed by atoms with Crippen molar-refractivity contribution >= 4 is 5.91 Å². The van der Waals surface area contributed by atoms with Crippen LogP contribution in [0.5, 0.6) is 0 Å². The van der Waals surface area contributed by atoms with Crippen LogP contribution in [0.15, 0.2) is 36.7 Å². The van der Waals surface area contributed by atoms with Gasteiger partial charge in [0.15, 0.2) is 0 Å². The quantitative estimate of drug-likeness (QED) is 0.925. The summed E-state index contributed by atoms with van der Waals surface area (Å²) >= 11 is 0. The van der Waals surface area contributed by atoms with E-state index in [1.54, 1.807) is 12.1 Å². The number of hydrogen-bond donors (Lipinski definition) is 1. The normalized spacial score (nSPS) is 17.4. The third-order valence-corrected chi connectivity index (χ3v) is 3.82. The summed E-state index contributed by atoms with van der Waals surface area (Å²) in [7, 11) is 0. The van der Waals surface area contributed by atoms with Crippen molar-refractivity contribution in [3.63, 3.8) is 0 Å². The van der Waals surface area contributed by atoms with Gasteiger partial charge in [-0.15, -0.1) is 0 Å². The van der Waals surface area contributed by atoms with Gasteiger partial charge in [-0.3, -0.25) is 14.4 Å². The van der Waals surface area contributed by atoms with Gasteiger partial charge in [-0.25, -0.2) is 4.39 Å². The topological polar surface area (TPSA) is 64.2 Å². The second-order valence-electron chi connectivity index (χ2n) is 5.46. The van der Waals surface area contributed by atoms with Crippen LogP contribution in [0.2, 0.25) is 0 Å². The number of carbonyl (C=O) groups is 1. The summed E-state index contributed by atoms with van der Waals surface area (Å²) in [5.41, 5.74) is 7.34. The van der Waals surface area contributed by atoms with Gasteiger partial charge in [-0.1, -0.05) is 12.1 Å². The summed E-state index contributed by atoms with van der Waals surface area (Å²) in [6.45, 7) is 3.39. The molecule has 1 saturated heterocycles. The Morgan fingerprint density at radius 3 is 2.57 bits per heavy atom. The second-order valence-corrected chi connectivity index (χ2v) is 5.46. The number of carbonyl (C=O) groups excluding carboxylic acids is 1. The molecule has 2 aromatic rings. The Labute approximate surface area is 122 Å². The number of rotatable bonds is 4. The maximum absolute atomic E-state index is 13.0. The molecule has 1 atom stereocenters. The van der Waals surface area contributed by atoms with Crippen molar-refractivity contribution in [2.75, 3.05) is 13.1 Å². The molecule has 0 radical (unpaired) electrons. The molecule has 1 aromatic heterocycles. The van der Waals surface area contributed by atoms with E-state index in [4.69, 9.17) is 5.73 Å². The lowest BCUT2D eigenvalue weighted by Gasteiger charge is -2.43. The minimum absolute atomic E-state index is 0.251. The number of aryl methyl sites for hydroxylation is 1. The van der Waals surface area contributed by atoms with E-state index in [2.05, 4.69) is 5.10 Å². The Morgan fingerprint density at radius 2 is 2.05 bits per heavy atom. The monoisotopic (exact) mass is 288 g/mol. The van der Waals surface area contributed by atoms with Gasteiger partial charge in [0.1, 0.15) is 11.9 Å². The van der Waals surface area contributed by atoms with Crippen LogP contribution < -0.4 is 5.73 Å². The predicted molar refractivity (Wildman–Crippen MR) is 75.9 cm³/mol. The van der Waals surface area contributed by atoms with Crippen molar-refractivity contribution in [1.82, 2.24) is 14.7 Å². The second kappa shape index (κ2) is 5.29. The van der Waals surface area contributed by atoms with E-state index in [0.29, 0.717) is 13.1 Å². The average molecular weight is 288 g/mol. The molecule has 3 rings (SSSR count). The number of benzene rings is 1. The summed E-state index contributed by atoms with van der Waals surface area (Å²) in [5.74, 6) is -0.743. The zero-order valence-electron chi connectivity index (χ0n) is 11.7. The van der Waals surface area contributed by atoms with Crippen molar-refractivity contribution in [1.29, 1.82) is 0 Å². The van der Waals surface area contributed by atoms with Gasteiger partial charge >= 0.3 is 0 Å². The number of aromatic nitrogens is 2. The van der Waals surface area contributed by atoms with Gasteiger partial charge in [-0.2, -0.15) is 5.10 Å². The molecule has 1 aliphatic rings. The number of likely N-dealkylation sites (tertiary alicyclic amines) is 1. The van der Waals surface area contributed by atoms with Crippen LogP contribution in [0.25, 0.3) is 0 Å². The zero-order valence-corrected chi connectivity index (χ0v) is 11.7. The third kappa shape index (κ3) is 2.67. The van der Waals surface area contributed by atoms with Crippen LogP contribution in [-0.2, 0) is 4.79 Å². The molecule has 5 nitrogen and oxygen atoms in total. The Hall–Kier alpha value is -2.21. The van der Waals surface area contributed by atoms with E-state index in [-0.39, 0.29) is 11.9 Å². The van der Waals surface area contributed by atoms with Gasteiger partial charge < -0.3 is 5.73 Å². The number of hydrogen-bond acceptors (Lipinski definition) is 3. The van der Waals surface area contributed by atoms with E-state index in [9.17, 15) is 9.18 Å². The van der Waals surface area contributed by atoms with Crippen LogP contribution >= 0.6 is 0 Å². The zero-order chi connectivity index (χ0) is 15.0. The average Bonchev–Trinajstić information content (AvgIpc) is 2.80. The highest BCUT2D eigenvalue weighted by Crippen LogP contribution is 2.31. The van der Waals surface area contributed by atoms with E-state index >= 15 is 0 Å². The molecule has 6 heteroatoms. The Bertz CT molecular complexity index is 646. The molecule has 21 heavy (non-hydrogen) atoms. The van der Waals surface area contributed by atoms with Crippen molar-refractivity contribution in [3.05, 3.63) is 53.6 Å². The first-order chi connectivity index (χ1) is 10.0. The lowest BCUT2D eigenvalue weighted by atomic mass is 9.98. The number of nitrogens with zero attached hydrogens (tertiary/aromatic N) is 3. The fraction of sp³-hybridized carbons (Fsp3) is 0.333. The fourth-order valence-corrected chi connectivity index (χ4v) is 2.70. The fourth-order valence-electron chi connectivity index (χ4n) is 2.70. The SMILES string of the molecule is Cc1cnn(C2CN(C(C(N)=O)c3ccc(F)cc3)C2)c1. The van der Waals surface area contributed by atoms with E-state index in [1.807, 2.05) is 28.9 Å². The van der Waals surface area contributed by atoms with Gasteiger partial charge in [0.05, 0.1) is 12.2 Å². The number of nitrogens with two attached hydrogens (primary N) is 1. The van der Waals surface area contributed by atoms with Crippen molar-refractivity contribution in [2.45, 2.75) is 19.0 Å². The molecular formula is C15H17FN4O. The highest BCUT2D eigenvalue weighted by Gasteiger charge is 2.37. The van der Waals surface area contributed by atoms with Gasteiger partial charge in [-0.05, 0) is 30.2 Å². The highest BCUT2D eigenvalue weighted by atomic mass is 19.1. The Kier molecular flexibility index (Phi) is 3.47. The summed E-state index contributed by atoms with van der Waals surface area (Å²) in [6, 6.07) is 5.64. The summed E-state index contributed by atoms with van der Waals surface area (Å²) in [4.78, 5) is 13.7. The number of amides is 1. The summed E-state index contributed by atoms with van der Waals surface area (Å²) in [5, 5.41) is 4.28. The molecule has 2 N–H and O–H groups in total. The largest absolute Gasteiger partial charge is 0.368 e. The lowest BCUT2D eigenvalue weighted by molar-refractivity contribution is -0.126. The predicted octanol–water partition coefficient (Wildman–Crippen LogP) is 1.41. The minimum Gasteiger partial charge on any atom is -0.368 e. The van der Waals surface area contributed by atoms with Crippen molar-refractivity contribution in [2.24, 2.45) is 5.73 Å². The summed E-state index contributed by atoms with van der Waals surface area (Å²) < 4.78 is 14.9. The highest BCUT2D eigenvalue weighted by molar-refractivity contribution is 5.81. The van der Waals surface area contributed by atoms with Crippen molar-refractivity contribution < 1.29 is 9.18 Å². The van der Waals surface area contributed by atoms with Crippen LogP contribution in [0, 0.1) is 12.7 Å². The van der Waals surface area contributed by atoms with Gasteiger partial charge in [0.2, 0.25) is 5.91 Å².